The van der Waals surface area contributed by atoms with E-state index in [0.29, 0.717) is 5.56 Å². The van der Waals surface area contributed by atoms with E-state index in [1.165, 1.54) is 26.0 Å². The topological polar surface area (TPSA) is 255 Å². The number of nitrogens with one attached hydrogen (secondary N) is 3. The number of carbonyl (C=O) groups excluding carboxylic acids is 3. The smallest absolute Gasteiger partial charge is 0.325 e. The Balaban J connectivity index is 3.11. The lowest BCUT2D eigenvalue weighted by Gasteiger charge is -2.25. The van der Waals surface area contributed by atoms with Crippen LogP contribution in [-0.4, -0.2) is 81.8 Å². The van der Waals surface area contributed by atoms with Crippen LogP contribution in [0.5, 0.6) is 5.75 Å². The fourth-order valence-electron chi connectivity index (χ4n) is 2.98. The van der Waals surface area contributed by atoms with Gasteiger partial charge in [0.15, 0.2) is 5.96 Å². The van der Waals surface area contributed by atoms with E-state index in [-0.39, 0.29) is 37.5 Å². The van der Waals surface area contributed by atoms with E-state index in [2.05, 4.69) is 20.9 Å². The number of aliphatic carboxylic acids is 1. The Morgan fingerprint density at radius 2 is 1.50 bits per heavy atom. The van der Waals surface area contributed by atoms with Crippen molar-refractivity contribution in [3.8, 4) is 5.75 Å². The standard InChI is InChI=1S/C22H35N7O7/c1-11(21(35)36)27-19(33)16(10-13-5-7-14(31)8-6-13)29-18(32)15(4-3-9-26-22(24)25)28-20(34)17(23)12(2)30/h5-8,11-12,15-17,30-31H,3-4,9-10,23H2,1-2H3,(H,27,33)(H,28,34)(H,29,32)(H,35,36)(H4,24,25,26). The minimum Gasteiger partial charge on any atom is -0.508 e. The molecule has 1 aromatic carbocycles. The highest BCUT2D eigenvalue weighted by atomic mass is 16.4. The summed E-state index contributed by atoms with van der Waals surface area (Å²) in [5.74, 6) is -3.71. The molecule has 200 valence electrons. The second-order valence-electron chi connectivity index (χ2n) is 8.28. The Hall–Kier alpha value is -3.91. The first-order chi connectivity index (χ1) is 16.8. The van der Waals surface area contributed by atoms with Gasteiger partial charge < -0.3 is 48.5 Å². The second-order valence-corrected chi connectivity index (χ2v) is 8.28. The molecule has 0 aliphatic carbocycles. The van der Waals surface area contributed by atoms with Crippen molar-refractivity contribution in [3.05, 3.63) is 29.8 Å². The van der Waals surface area contributed by atoms with Crippen LogP contribution in [0.2, 0.25) is 0 Å². The van der Waals surface area contributed by atoms with E-state index in [1.54, 1.807) is 12.1 Å². The van der Waals surface area contributed by atoms with Crippen molar-refractivity contribution in [2.75, 3.05) is 6.54 Å². The van der Waals surface area contributed by atoms with Crippen molar-refractivity contribution >= 4 is 29.7 Å². The maximum atomic E-state index is 13.1. The van der Waals surface area contributed by atoms with Gasteiger partial charge in [-0.1, -0.05) is 12.1 Å². The highest BCUT2D eigenvalue weighted by Crippen LogP contribution is 2.12. The molecule has 0 spiro atoms. The lowest BCUT2D eigenvalue weighted by Crippen LogP contribution is -2.58. The summed E-state index contributed by atoms with van der Waals surface area (Å²) in [6.07, 6.45) is -0.863. The highest BCUT2D eigenvalue weighted by Gasteiger charge is 2.30. The zero-order chi connectivity index (χ0) is 27.4. The average molecular weight is 510 g/mol. The fraction of sp³-hybridized carbons (Fsp3) is 0.500. The number of aliphatic hydroxyl groups is 1. The minimum atomic E-state index is -1.30. The van der Waals surface area contributed by atoms with E-state index < -0.39 is 54.0 Å². The molecule has 0 aromatic heterocycles. The number of rotatable bonds is 14. The number of phenolic OH excluding ortho intramolecular Hbond substituents is 1. The van der Waals surface area contributed by atoms with Crippen LogP contribution in [0.1, 0.15) is 32.3 Å². The zero-order valence-electron chi connectivity index (χ0n) is 20.2. The normalized spacial score (nSPS) is 14.9. The summed E-state index contributed by atoms with van der Waals surface area (Å²) < 4.78 is 0. The molecule has 0 aliphatic rings. The summed E-state index contributed by atoms with van der Waals surface area (Å²) >= 11 is 0. The lowest BCUT2D eigenvalue weighted by molar-refractivity contribution is -0.141. The minimum absolute atomic E-state index is 0.00119. The van der Waals surface area contributed by atoms with Crippen LogP contribution in [0.25, 0.3) is 0 Å². The van der Waals surface area contributed by atoms with Crippen molar-refractivity contribution in [1.82, 2.24) is 16.0 Å². The third-order valence-corrected chi connectivity index (χ3v) is 5.14. The quantitative estimate of drug-likeness (QED) is 0.0709. The van der Waals surface area contributed by atoms with Gasteiger partial charge in [0.2, 0.25) is 17.7 Å². The Labute approximate surface area is 208 Å². The van der Waals surface area contributed by atoms with Crippen LogP contribution >= 0.6 is 0 Å². The molecular weight excluding hydrogens is 474 g/mol. The molecule has 0 saturated carbocycles. The van der Waals surface area contributed by atoms with Gasteiger partial charge in [-0.3, -0.25) is 24.2 Å². The molecule has 0 fully saturated rings. The first-order valence-corrected chi connectivity index (χ1v) is 11.2. The number of guanidine groups is 1. The van der Waals surface area contributed by atoms with Crippen molar-refractivity contribution < 1.29 is 34.5 Å². The van der Waals surface area contributed by atoms with Crippen molar-refractivity contribution in [2.45, 2.75) is 63.4 Å². The maximum absolute atomic E-state index is 13.1. The molecule has 5 atom stereocenters. The molecule has 1 aromatic rings. The number of phenols is 1. The summed E-state index contributed by atoms with van der Waals surface area (Å²) in [7, 11) is 0. The first-order valence-electron chi connectivity index (χ1n) is 11.2. The third kappa shape index (κ3) is 10.6. The van der Waals surface area contributed by atoms with Crippen molar-refractivity contribution in [1.29, 1.82) is 0 Å². The van der Waals surface area contributed by atoms with E-state index in [1.807, 2.05) is 0 Å². The first kappa shape index (κ1) is 30.1. The van der Waals surface area contributed by atoms with Crippen LogP contribution in [-0.2, 0) is 25.6 Å². The van der Waals surface area contributed by atoms with Gasteiger partial charge in [0.1, 0.15) is 29.9 Å². The molecule has 14 heteroatoms. The average Bonchev–Trinajstić information content (AvgIpc) is 2.80. The Bertz CT molecular complexity index is 933. The molecule has 5 unspecified atom stereocenters. The number of aliphatic imine (C=N–C) groups is 1. The molecule has 0 aliphatic heterocycles. The van der Waals surface area contributed by atoms with E-state index >= 15 is 0 Å². The second kappa shape index (κ2) is 14.5. The number of nitrogens with two attached hydrogens (primary N) is 3. The number of carboxylic acid groups (broad SMARTS) is 1. The summed E-state index contributed by atoms with van der Waals surface area (Å²) in [6.45, 7) is 2.75. The summed E-state index contributed by atoms with van der Waals surface area (Å²) in [5.41, 5.74) is 16.8. The van der Waals surface area contributed by atoms with Crippen LogP contribution in [0, 0.1) is 0 Å². The Kier molecular flexibility index (Phi) is 12.1. The van der Waals surface area contributed by atoms with Gasteiger partial charge in [0.25, 0.3) is 0 Å². The van der Waals surface area contributed by atoms with Gasteiger partial charge in [-0.05, 0) is 44.4 Å². The van der Waals surface area contributed by atoms with Gasteiger partial charge in [-0.2, -0.15) is 0 Å². The van der Waals surface area contributed by atoms with Crippen LogP contribution in [0.15, 0.2) is 29.3 Å². The molecule has 14 nitrogen and oxygen atoms in total. The molecular formula is C22H35N7O7. The Morgan fingerprint density at radius 3 is 2.03 bits per heavy atom. The van der Waals surface area contributed by atoms with E-state index in [4.69, 9.17) is 22.3 Å². The third-order valence-electron chi connectivity index (χ3n) is 5.14. The molecule has 12 N–H and O–H groups in total. The maximum Gasteiger partial charge on any atom is 0.325 e. The van der Waals surface area contributed by atoms with Gasteiger partial charge in [-0.25, -0.2) is 0 Å². The van der Waals surface area contributed by atoms with E-state index in [0.717, 1.165) is 0 Å². The number of amides is 3. The number of hydrogen-bond donors (Lipinski definition) is 9. The molecule has 0 saturated heterocycles. The lowest BCUT2D eigenvalue weighted by atomic mass is 10.0. The van der Waals surface area contributed by atoms with Crippen LogP contribution < -0.4 is 33.2 Å². The number of carbonyl (C=O) groups is 4. The molecule has 36 heavy (non-hydrogen) atoms. The zero-order valence-corrected chi connectivity index (χ0v) is 20.2. The monoisotopic (exact) mass is 509 g/mol. The van der Waals surface area contributed by atoms with Gasteiger partial charge in [0.05, 0.1) is 6.10 Å². The summed E-state index contributed by atoms with van der Waals surface area (Å²) in [4.78, 5) is 53.3. The Morgan fingerprint density at radius 1 is 0.944 bits per heavy atom. The molecule has 3 amide bonds. The number of aromatic hydroxyl groups is 1. The van der Waals surface area contributed by atoms with Gasteiger partial charge in [-0.15, -0.1) is 0 Å². The molecule has 0 radical (unpaired) electrons. The number of carboxylic acids is 1. The van der Waals surface area contributed by atoms with Crippen molar-refractivity contribution in [3.63, 3.8) is 0 Å². The fourth-order valence-corrected chi connectivity index (χ4v) is 2.98. The van der Waals surface area contributed by atoms with Crippen molar-refractivity contribution in [2.24, 2.45) is 22.2 Å². The summed E-state index contributed by atoms with van der Waals surface area (Å²) in [5, 5.41) is 35.5. The molecule has 1 rings (SSSR count). The predicted octanol–water partition coefficient (Wildman–Crippen LogP) is -2.74. The number of aliphatic hydroxyl groups excluding tert-OH is 1. The molecule has 0 bridgehead atoms. The predicted molar refractivity (Wildman–Crippen MR) is 130 cm³/mol. The van der Waals surface area contributed by atoms with Crippen LogP contribution in [0.3, 0.4) is 0 Å². The number of nitrogens with zero attached hydrogens (tertiary/aromatic N) is 1. The number of benzene rings is 1. The molecule has 0 heterocycles. The van der Waals surface area contributed by atoms with Gasteiger partial charge in [0, 0.05) is 13.0 Å². The largest absolute Gasteiger partial charge is 0.508 e. The highest BCUT2D eigenvalue weighted by molar-refractivity contribution is 5.94. The summed E-state index contributed by atoms with van der Waals surface area (Å²) in [6, 6.07) is 0.972. The van der Waals surface area contributed by atoms with E-state index in [9.17, 15) is 29.4 Å². The van der Waals surface area contributed by atoms with Crippen LogP contribution in [0.4, 0.5) is 0 Å². The number of hydrogen-bond acceptors (Lipinski definition) is 8. The SMILES string of the molecule is CC(NC(=O)C(Cc1ccc(O)cc1)NC(=O)C(CCCN=C(N)N)NC(=O)C(N)C(C)O)C(=O)O. The van der Waals surface area contributed by atoms with Gasteiger partial charge >= 0.3 is 5.97 Å².